The third kappa shape index (κ3) is 1.96. The zero-order chi connectivity index (χ0) is 12.4. The van der Waals surface area contributed by atoms with Crippen molar-refractivity contribution < 1.29 is 4.42 Å². The van der Waals surface area contributed by atoms with Crippen LogP contribution in [0.15, 0.2) is 53.6 Å². The molecular formula is C14H12N2OS. The van der Waals surface area contributed by atoms with Gasteiger partial charge in [0.15, 0.2) is 0 Å². The summed E-state index contributed by atoms with van der Waals surface area (Å²) in [5.41, 5.74) is 8.96. The predicted octanol–water partition coefficient (Wildman–Crippen LogP) is 3.53. The highest BCUT2D eigenvalue weighted by Gasteiger charge is 2.10. The van der Waals surface area contributed by atoms with Crippen LogP contribution in [-0.2, 0) is 6.54 Å². The number of pyridine rings is 1. The van der Waals surface area contributed by atoms with E-state index in [4.69, 9.17) is 10.2 Å². The van der Waals surface area contributed by atoms with Gasteiger partial charge in [-0.1, -0.05) is 0 Å². The molecule has 3 heterocycles. The third-order valence-electron chi connectivity index (χ3n) is 2.78. The fraction of sp³-hybridized carbons (Fsp3) is 0.0714. The van der Waals surface area contributed by atoms with Crippen molar-refractivity contribution in [2.75, 3.05) is 0 Å². The smallest absolute Gasteiger partial charge is 0.0981 e. The minimum Gasteiger partial charge on any atom is -0.472 e. The largest absolute Gasteiger partial charge is 0.472 e. The standard InChI is InChI=1S/C14H12N2OS/c15-7-11-1-2-14(18-11)13-8-16-5-3-12(13)10-4-6-17-9-10/h1-6,8-9H,7,15H2. The van der Waals surface area contributed by atoms with E-state index in [2.05, 4.69) is 17.1 Å². The molecule has 90 valence electrons. The van der Waals surface area contributed by atoms with Crippen molar-refractivity contribution in [2.45, 2.75) is 6.54 Å². The van der Waals surface area contributed by atoms with E-state index in [1.807, 2.05) is 18.3 Å². The van der Waals surface area contributed by atoms with Gasteiger partial charge in [0.1, 0.15) is 0 Å². The van der Waals surface area contributed by atoms with Crippen LogP contribution < -0.4 is 5.73 Å². The lowest BCUT2D eigenvalue weighted by Gasteiger charge is -2.04. The fourth-order valence-electron chi connectivity index (χ4n) is 1.89. The minimum absolute atomic E-state index is 0.575. The van der Waals surface area contributed by atoms with Gasteiger partial charge in [0, 0.05) is 39.8 Å². The maximum absolute atomic E-state index is 5.65. The number of hydrogen-bond acceptors (Lipinski definition) is 4. The molecule has 2 N–H and O–H groups in total. The molecule has 0 amide bonds. The van der Waals surface area contributed by atoms with Gasteiger partial charge in [-0.2, -0.15) is 0 Å². The Morgan fingerprint density at radius 1 is 1.17 bits per heavy atom. The summed E-state index contributed by atoms with van der Waals surface area (Å²) in [6, 6.07) is 8.11. The van der Waals surface area contributed by atoms with Crippen molar-refractivity contribution in [3.8, 4) is 21.6 Å². The number of hydrogen-bond donors (Lipinski definition) is 1. The topological polar surface area (TPSA) is 52.0 Å². The van der Waals surface area contributed by atoms with Gasteiger partial charge in [-0.05, 0) is 29.8 Å². The van der Waals surface area contributed by atoms with Gasteiger partial charge in [0.2, 0.25) is 0 Å². The summed E-state index contributed by atoms with van der Waals surface area (Å²) in [7, 11) is 0. The highest BCUT2D eigenvalue weighted by Crippen LogP contribution is 2.35. The minimum atomic E-state index is 0.575. The zero-order valence-electron chi connectivity index (χ0n) is 9.67. The van der Waals surface area contributed by atoms with Crippen LogP contribution in [0.25, 0.3) is 21.6 Å². The fourth-order valence-corrected chi connectivity index (χ4v) is 2.80. The monoisotopic (exact) mass is 256 g/mol. The molecule has 0 aliphatic heterocycles. The van der Waals surface area contributed by atoms with E-state index < -0.39 is 0 Å². The van der Waals surface area contributed by atoms with E-state index in [1.54, 1.807) is 30.1 Å². The Kier molecular flexibility index (Phi) is 2.96. The van der Waals surface area contributed by atoms with Crippen LogP contribution in [0.1, 0.15) is 4.88 Å². The molecule has 0 aromatic carbocycles. The van der Waals surface area contributed by atoms with Crippen LogP contribution in [0, 0.1) is 0 Å². The maximum Gasteiger partial charge on any atom is 0.0981 e. The molecule has 0 atom stereocenters. The molecule has 0 aliphatic rings. The molecule has 0 radical (unpaired) electrons. The summed E-state index contributed by atoms with van der Waals surface area (Å²) in [6.45, 7) is 0.575. The van der Waals surface area contributed by atoms with Gasteiger partial charge in [-0.25, -0.2) is 0 Å². The van der Waals surface area contributed by atoms with Crippen LogP contribution in [0.2, 0.25) is 0 Å². The molecule has 3 rings (SSSR count). The third-order valence-corrected chi connectivity index (χ3v) is 3.92. The highest BCUT2D eigenvalue weighted by molar-refractivity contribution is 7.15. The Morgan fingerprint density at radius 3 is 2.83 bits per heavy atom. The first kappa shape index (κ1) is 11.2. The molecule has 0 saturated carbocycles. The van der Waals surface area contributed by atoms with E-state index in [0.29, 0.717) is 6.54 Å². The number of thiophene rings is 1. The molecule has 0 spiro atoms. The number of aromatic nitrogens is 1. The van der Waals surface area contributed by atoms with E-state index in [1.165, 1.54) is 9.75 Å². The number of rotatable bonds is 3. The Labute approximate surface area is 109 Å². The summed E-state index contributed by atoms with van der Waals surface area (Å²) in [4.78, 5) is 6.56. The van der Waals surface area contributed by atoms with Gasteiger partial charge in [0.05, 0.1) is 12.5 Å². The van der Waals surface area contributed by atoms with Gasteiger partial charge >= 0.3 is 0 Å². The van der Waals surface area contributed by atoms with Gasteiger partial charge in [-0.3, -0.25) is 4.98 Å². The summed E-state index contributed by atoms with van der Waals surface area (Å²) in [5, 5.41) is 0. The SMILES string of the molecule is NCc1ccc(-c2cnccc2-c2ccoc2)s1. The maximum atomic E-state index is 5.65. The van der Waals surface area contributed by atoms with Crippen LogP contribution in [0.4, 0.5) is 0 Å². The van der Waals surface area contributed by atoms with Crippen molar-refractivity contribution in [2.24, 2.45) is 5.73 Å². The summed E-state index contributed by atoms with van der Waals surface area (Å²) in [6.07, 6.45) is 7.10. The van der Waals surface area contributed by atoms with Crippen LogP contribution in [-0.4, -0.2) is 4.98 Å². The molecule has 0 unspecified atom stereocenters. The molecule has 18 heavy (non-hydrogen) atoms. The normalized spacial score (nSPS) is 10.7. The quantitative estimate of drug-likeness (QED) is 0.780. The Balaban J connectivity index is 2.12. The van der Waals surface area contributed by atoms with E-state index >= 15 is 0 Å². The van der Waals surface area contributed by atoms with E-state index in [0.717, 1.165) is 16.7 Å². The Bertz CT molecular complexity index is 643. The lowest BCUT2D eigenvalue weighted by Crippen LogP contribution is -1.91. The first-order chi connectivity index (χ1) is 8.88. The van der Waals surface area contributed by atoms with Crippen LogP contribution in [0.3, 0.4) is 0 Å². The van der Waals surface area contributed by atoms with Crippen molar-refractivity contribution in [1.29, 1.82) is 0 Å². The molecule has 4 heteroatoms. The first-order valence-corrected chi connectivity index (χ1v) is 6.46. The molecular weight excluding hydrogens is 244 g/mol. The molecule has 0 aliphatic carbocycles. The van der Waals surface area contributed by atoms with Crippen molar-refractivity contribution >= 4 is 11.3 Å². The Hall–Kier alpha value is -1.91. The van der Waals surface area contributed by atoms with Gasteiger partial charge in [0.25, 0.3) is 0 Å². The highest BCUT2D eigenvalue weighted by atomic mass is 32.1. The zero-order valence-corrected chi connectivity index (χ0v) is 10.5. The number of nitrogens with zero attached hydrogens (tertiary/aromatic N) is 1. The molecule has 3 aromatic heterocycles. The number of furan rings is 1. The van der Waals surface area contributed by atoms with Gasteiger partial charge < -0.3 is 10.2 Å². The van der Waals surface area contributed by atoms with E-state index in [-0.39, 0.29) is 0 Å². The van der Waals surface area contributed by atoms with E-state index in [9.17, 15) is 0 Å². The summed E-state index contributed by atoms with van der Waals surface area (Å²) < 4.78 is 5.15. The molecule has 0 fully saturated rings. The average Bonchev–Trinajstić information content (AvgIpc) is 3.10. The van der Waals surface area contributed by atoms with Crippen LogP contribution >= 0.6 is 11.3 Å². The Morgan fingerprint density at radius 2 is 2.11 bits per heavy atom. The lowest BCUT2D eigenvalue weighted by atomic mass is 10.0. The van der Waals surface area contributed by atoms with Crippen molar-refractivity contribution in [3.05, 3.63) is 54.1 Å². The van der Waals surface area contributed by atoms with Crippen molar-refractivity contribution in [3.63, 3.8) is 0 Å². The second-order valence-electron chi connectivity index (χ2n) is 3.90. The molecule has 0 bridgehead atoms. The molecule has 3 aromatic rings. The molecule has 3 nitrogen and oxygen atoms in total. The van der Waals surface area contributed by atoms with Gasteiger partial charge in [-0.15, -0.1) is 11.3 Å². The summed E-state index contributed by atoms with van der Waals surface area (Å²) in [5.74, 6) is 0. The first-order valence-electron chi connectivity index (χ1n) is 5.64. The van der Waals surface area contributed by atoms with Crippen molar-refractivity contribution in [1.82, 2.24) is 4.98 Å². The summed E-state index contributed by atoms with van der Waals surface area (Å²) >= 11 is 1.70. The lowest BCUT2D eigenvalue weighted by molar-refractivity contribution is 0.568. The predicted molar refractivity (Wildman–Crippen MR) is 73.1 cm³/mol. The second-order valence-corrected chi connectivity index (χ2v) is 5.07. The number of nitrogens with two attached hydrogens (primary N) is 1. The second kappa shape index (κ2) is 4.76. The molecule has 0 saturated heterocycles. The average molecular weight is 256 g/mol. The van der Waals surface area contributed by atoms with Crippen LogP contribution in [0.5, 0.6) is 0 Å².